The zero-order valence-electron chi connectivity index (χ0n) is 12.9. The Kier molecular flexibility index (Phi) is 4.68. The Bertz CT molecular complexity index is 838. The first-order chi connectivity index (χ1) is 11.1. The molecule has 3 rings (SSSR count). The second-order valence-corrected chi connectivity index (χ2v) is 6.10. The number of rotatable bonds is 5. The molecule has 0 aliphatic rings. The number of nitrogens with one attached hydrogen (secondary N) is 1. The van der Waals surface area contributed by atoms with Gasteiger partial charge in [0.05, 0.1) is 12.7 Å². The predicted octanol–water partition coefficient (Wildman–Crippen LogP) is 4.30. The molecule has 3 nitrogen and oxygen atoms in total. The number of carbonyl (C=O) groups is 1. The number of amides is 1. The summed E-state index contributed by atoms with van der Waals surface area (Å²) in [6.45, 7) is 2.61. The summed E-state index contributed by atoms with van der Waals surface area (Å²) in [5, 5.41) is 4.66. The number of fused-ring (bicyclic) bond motifs is 1. The molecule has 4 heteroatoms. The van der Waals surface area contributed by atoms with Gasteiger partial charge in [-0.2, -0.15) is 0 Å². The highest BCUT2D eigenvalue weighted by Crippen LogP contribution is 2.22. The van der Waals surface area contributed by atoms with Gasteiger partial charge < -0.3 is 9.73 Å². The molecule has 0 fully saturated rings. The molecule has 23 heavy (non-hydrogen) atoms. The van der Waals surface area contributed by atoms with Gasteiger partial charge in [0.1, 0.15) is 5.58 Å². The van der Waals surface area contributed by atoms with Gasteiger partial charge in [0, 0.05) is 22.5 Å². The minimum Gasteiger partial charge on any atom is -0.464 e. The number of hydrogen-bond donors (Lipinski definition) is 1. The van der Waals surface area contributed by atoms with Crippen molar-refractivity contribution in [3.8, 4) is 0 Å². The molecule has 1 amide bonds. The molecule has 0 saturated carbocycles. The standard InChI is InChI=1S/C19H18ClNO2/c1-13-5-6-17-15(12-23-18(17)9-13)11-19(22)21-8-7-14-3-2-4-16(20)10-14/h2-6,9-10,12H,7-8,11H2,1H3,(H,21,22). The van der Waals surface area contributed by atoms with Crippen LogP contribution in [0.4, 0.5) is 0 Å². The van der Waals surface area contributed by atoms with Crippen LogP contribution in [0.3, 0.4) is 0 Å². The van der Waals surface area contributed by atoms with E-state index in [1.807, 2.05) is 49.4 Å². The van der Waals surface area contributed by atoms with E-state index in [2.05, 4.69) is 5.32 Å². The van der Waals surface area contributed by atoms with Gasteiger partial charge in [0.15, 0.2) is 0 Å². The van der Waals surface area contributed by atoms with Crippen LogP contribution in [-0.4, -0.2) is 12.5 Å². The highest BCUT2D eigenvalue weighted by molar-refractivity contribution is 6.30. The zero-order chi connectivity index (χ0) is 16.2. The summed E-state index contributed by atoms with van der Waals surface area (Å²) in [6, 6.07) is 13.7. The van der Waals surface area contributed by atoms with E-state index in [4.69, 9.17) is 16.0 Å². The van der Waals surface area contributed by atoms with Crippen LogP contribution >= 0.6 is 11.6 Å². The van der Waals surface area contributed by atoms with Crippen molar-refractivity contribution < 1.29 is 9.21 Å². The summed E-state index contributed by atoms with van der Waals surface area (Å²) in [5.74, 6) is -0.00435. The van der Waals surface area contributed by atoms with Crippen LogP contribution in [0.15, 0.2) is 53.1 Å². The van der Waals surface area contributed by atoms with Crippen molar-refractivity contribution >= 4 is 28.5 Å². The van der Waals surface area contributed by atoms with E-state index in [0.717, 1.165) is 34.1 Å². The van der Waals surface area contributed by atoms with Crippen LogP contribution in [-0.2, 0) is 17.6 Å². The van der Waals surface area contributed by atoms with E-state index < -0.39 is 0 Å². The maximum Gasteiger partial charge on any atom is 0.224 e. The van der Waals surface area contributed by atoms with Crippen molar-refractivity contribution in [2.45, 2.75) is 19.8 Å². The van der Waals surface area contributed by atoms with Crippen molar-refractivity contribution in [2.75, 3.05) is 6.54 Å². The minimum absolute atomic E-state index is 0.00435. The first kappa shape index (κ1) is 15.6. The van der Waals surface area contributed by atoms with Gasteiger partial charge in [-0.15, -0.1) is 0 Å². The highest BCUT2D eigenvalue weighted by atomic mass is 35.5. The number of aryl methyl sites for hydroxylation is 1. The molecule has 0 spiro atoms. The van der Waals surface area contributed by atoms with E-state index in [9.17, 15) is 4.79 Å². The van der Waals surface area contributed by atoms with Crippen molar-refractivity contribution in [2.24, 2.45) is 0 Å². The molecule has 0 aliphatic heterocycles. The summed E-state index contributed by atoms with van der Waals surface area (Å²) in [6.07, 6.45) is 2.75. The van der Waals surface area contributed by atoms with Crippen LogP contribution in [0.25, 0.3) is 11.0 Å². The Morgan fingerprint density at radius 1 is 1.22 bits per heavy atom. The van der Waals surface area contributed by atoms with E-state index in [1.165, 1.54) is 0 Å². The molecule has 0 aliphatic carbocycles. The third-order valence-corrected chi connectivity index (χ3v) is 4.02. The van der Waals surface area contributed by atoms with E-state index >= 15 is 0 Å². The Hall–Kier alpha value is -2.26. The normalized spacial score (nSPS) is 10.9. The fourth-order valence-corrected chi connectivity index (χ4v) is 2.81. The Labute approximate surface area is 140 Å². The van der Waals surface area contributed by atoms with Gasteiger partial charge >= 0.3 is 0 Å². The molecule has 1 heterocycles. The van der Waals surface area contributed by atoms with E-state index in [-0.39, 0.29) is 5.91 Å². The SMILES string of the molecule is Cc1ccc2c(CC(=O)NCCc3cccc(Cl)c3)coc2c1. The van der Waals surface area contributed by atoms with E-state index in [0.29, 0.717) is 18.0 Å². The fourth-order valence-electron chi connectivity index (χ4n) is 2.60. The number of benzene rings is 2. The van der Waals surface area contributed by atoms with Crippen LogP contribution in [0.2, 0.25) is 5.02 Å². The van der Waals surface area contributed by atoms with Crippen molar-refractivity contribution in [3.63, 3.8) is 0 Å². The molecular weight excluding hydrogens is 310 g/mol. The molecular formula is C19H18ClNO2. The molecule has 3 aromatic rings. The van der Waals surface area contributed by atoms with Crippen molar-refractivity contribution in [3.05, 3.63) is 70.4 Å². The molecule has 118 valence electrons. The topological polar surface area (TPSA) is 42.2 Å². The number of hydrogen-bond acceptors (Lipinski definition) is 2. The Morgan fingerprint density at radius 3 is 2.91 bits per heavy atom. The van der Waals surface area contributed by atoms with E-state index in [1.54, 1.807) is 6.26 Å². The lowest BCUT2D eigenvalue weighted by molar-refractivity contribution is -0.120. The molecule has 0 radical (unpaired) electrons. The summed E-state index contributed by atoms with van der Waals surface area (Å²) in [4.78, 5) is 12.1. The monoisotopic (exact) mass is 327 g/mol. The second kappa shape index (κ2) is 6.88. The molecule has 1 N–H and O–H groups in total. The van der Waals surface area contributed by atoms with Crippen molar-refractivity contribution in [1.82, 2.24) is 5.32 Å². The lowest BCUT2D eigenvalue weighted by Gasteiger charge is -2.05. The van der Waals surface area contributed by atoms with Gasteiger partial charge in [-0.05, 0) is 42.7 Å². The first-order valence-electron chi connectivity index (χ1n) is 7.60. The lowest BCUT2D eigenvalue weighted by atomic mass is 10.1. The summed E-state index contributed by atoms with van der Waals surface area (Å²) >= 11 is 5.95. The molecule has 0 bridgehead atoms. The van der Waals surface area contributed by atoms with Crippen molar-refractivity contribution in [1.29, 1.82) is 0 Å². The third kappa shape index (κ3) is 3.93. The van der Waals surface area contributed by atoms with Crippen LogP contribution in [0.1, 0.15) is 16.7 Å². The summed E-state index contributed by atoms with van der Waals surface area (Å²) in [5.41, 5.74) is 4.00. The minimum atomic E-state index is -0.00435. The lowest BCUT2D eigenvalue weighted by Crippen LogP contribution is -2.27. The largest absolute Gasteiger partial charge is 0.464 e. The predicted molar refractivity (Wildman–Crippen MR) is 92.8 cm³/mol. The number of carbonyl (C=O) groups excluding carboxylic acids is 1. The second-order valence-electron chi connectivity index (χ2n) is 5.67. The maximum atomic E-state index is 12.1. The molecule has 0 atom stereocenters. The zero-order valence-corrected chi connectivity index (χ0v) is 13.7. The number of halogens is 1. The Morgan fingerprint density at radius 2 is 2.09 bits per heavy atom. The molecule has 2 aromatic carbocycles. The quantitative estimate of drug-likeness (QED) is 0.759. The molecule has 0 unspecified atom stereocenters. The average Bonchev–Trinajstić information content (AvgIpc) is 2.89. The van der Waals surface area contributed by atoms with Crippen LogP contribution in [0, 0.1) is 6.92 Å². The molecule has 0 saturated heterocycles. The van der Waals surface area contributed by atoms with Crippen LogP contribution < -0.4 is 5.32 Å². The van der Waals surface area contributed by atoms with Gasteiger partial charge in [-0.3, -0.25) is 4.79 Å². The van der Waals surface area contributed by atoms with Gasteiger partial charge in [0.2, 0.25) is 5.91 Å². The van der Waals surface area contributed by atoms with Crippen LogP contribution in [0.5, 0.6) is 0 Å². The molecule has 1 aromatic heterocycles. The summed E-state index contributed by atoms with van der Waals surface area (Å²) < 4.78 is 5.52. The van der Waals surface area contributed by atoms with Gasteiger partial charge in [-0.1, -0.05) is 35.9 Å². The first-order valence-corrected chi connectivity index (χ1v) is 7.97. The van der Waals surface area contributed by atoms with Gasteiger partial charge in [-0.25, -0.2) is 0 Å². The third-order valence-electron chi connectivity index (χ3n) is 3.79. The number of furan rings is 1. The fraction of sp³-hybridized carbons (Fsp3) is 0.211. The Balaban J connectivity index is 1.56. The summed E-state index contributed by atoms with van der Waals surface area (Å²) in [7, 11) is 0. The highest BCUT2D eigenvalue weighted by Gasteiger charge is 2.10. The van der Waals surface area contributed by atoms with Gasteiger partial charge in [0.25, 0.3) is 0 Å². The maximum absolute atomic E-state index is 12.1. The average molecular weight is 328 g/mol. The smallest absolute Gasteiger partial charge is 0.224 e.